The van der Waals surface area contributed by atoms with Crippen molar-refractivity contribution in [3.8, 4) is 0 Å². The highest BCUT2D eigenvalue weighted by molar-refractivity contribution is 5.69. The van der Waals surface area contributed by atoms with E-state index in [0.717, 1.165) is 18.4 Å². The summed E-state index contributed by atoms with van der Waals surface area (Å²) in [5.74, 6) is 0. The van der Waals surface area contributed by atoms with Gasteiger partial charge in [0.1, 0.15) is 6.61 Å². The molecule has 2 bridgehead atoms. The summed E-state index contributed by atoms with van der Waals surface area (Å²) in [6, 6.07) is 10.0. The number of fused-ring (bicyclic) bond motifs is 2. The molecule has 160 valence electrons. The van der Waals surface area contributed by atoms with Crippen molar-refractivity contribution in [2.45, 2.75) is 89.8 Å². The number of amides is 1. The summed E-state index contributed by atoms with van der Waals surface area (Å²) >= 11 is 0. The molecule has 1 amide bonds. The molecule has 4 nitrogen and oxygen atoms in total. The van der Waals surface area contributed by atoms with E-state index in [1.807, 2.05) is 35.2 Å². The second-order valence-electron chi connectivity index (χ2n) is 8.46. The normalized spacial score (nSPS) is 21.0. The van der Waals surface area contributed by atoms with Crippen LogP contribution in [0.5, 0.6) is 0 Å². The van der Waals surface area contributed by atoms with Crippen LogP contribution in [0, 0.1) is 0 Å². The van der Waals surface area contributed by atoms with Gasteiger partial charge < -0.3 is 9.47 Å². The number of hydrogen-bond donors (Lipinski definition) is 0. The van der Waals surface area contributed by atoms with Crippen molar-refractivity contribution in [3.63, 3.8) is 0 Å². The molecule has 0 radical (unpaired) electrons. The summed E-state index contributed by atoms with van der Waals surface area (Å²) in [5, 5.41) is 0. The van der Waals surface area contributed by atoms with Gasteiger partial charge in [-0.15, -0.1) is 0 Å². The Morgan fingerprint density at radius 2 is 1.76 bits per heavy atom. The molecule has 29 heavy (non-hydrogen) atoms. The first-order valence-electron chi connectivity index (χ1n) is 11.5. The number of carbonyl (C=O) groups is 1. The van der Waals surface area contributed by atoms with Gasteiger partial charge in [-0.05, 0) is 24.8 Å². The largest absolute Gasteiger partial charge is 0.445 e. The summed E-state index contributed by atoms with van der Waals surface area (Å²) in [7, 11) is 0. The van der Waals surface area contributed by atoms with Gasteiger partial charge in [0.25, 0.3) is 0 Å². The third kappa shape index (κ3) is 6.88. The van der Waals surface area contributed by atoms with E-state index in [4.69, 9.17) is 9.47 Å². The van der Waals surface area contributed by atoms with E-state index in [1.165, 1.54) is 56.9 Å². The molecular weight excluding hydrogens is 362 g/mol. The topological polar surface area (TPSA) is 38.8 Å². The zero-order valence-electron chi connectivity index (χ0n) is 18.0. The second kappa shape index (κ2) is 12.0. The average molecular weight is 400 g/mol. The van der Waals surface area contributed by atoms with Crippen LogP contribution in [0.2, 0.25) is 0 Å². The monoisotopic (exact) mass is 399 g/mol. The predicted octanol–water partition coefficient (Wildman–Crippen LogP) is 6.25. The fourth-order valence-corrected chi connectivity index (χ4v) is 4.43. The number of nitrogens with zero attached hydrogens (tertiary/aromatic N) is 1. The van der Waals surface area contributed by atoms with Crippen LogP contribution < -0.4 is 0 Å². The number of benzene rings is 1. The van der Waals surface area contributed by atoms with E-state index < -0.39 is 0 Å². The Bertz CT molecular complexity index is 643. The zero-order chi connectivity index (χ0) is 20.3. The lowest BCUT2D eigenvalue weighted by Gasteiger charge is -2.43. The average Bonchev–Trinajstić information content (AvgIpc) is 2.74. The fourth-order valence-electron chi connectivity index (χ4n) is 4.43. The Hall–Kier alpha value is -1.81. The Morgan fingerprint density at radius 3 is 2.48 bits per heavy atom. The lowest BCUT2D eigenvalue weighted by atomic mass is 9.91. The number of morpholine rings is 1. The SMILES string of the molecule is CCCCCCCCCCC1=CC2COCC(C1)N2C(=O)OCc1ccccc1. The maximum Gasteiger partial charge on any atom is 0.411 e. The third-order valence-electron chi connectivity index (χ3n) is 6.04. The predicted molar refractivity (Wildman–Crippen MR) is 117 cm³/mol. The van der Waals surface area contributed by atoms with Crippen molar-refractivity contribution in [3.05, 3.63) is 47.5 Å². The van der Waals surface area contributed by atoms with Crippen LogP contribution >= 0.6 is 0 Å². The van der Waals surface area contributed by atoms with Crippen molar-refractivity contribution in [1.29, 1.82) is 0 Å². The molecule has 2 heterocycles. The van der Waals surface area contributed by atoms with E-state index in [-0.39, 0.29) is 18.2 Å². The van der Waals surface area contributed by atoms with Crippen molar-refractivity contribution >= 4 is 6.09 Å². The number of hydrogen-bond acceptors (Lipinski definition) is 3. The van der Waals surface area contributed by atoms with Gasteiger partial charge in [0, 0.05) is 0 Å². The smallest absolute Gasteiger partial charge is 0.411 e. The lowest BCUT2D eigenvalue weighted by Crippen LogP contribution is -2.56. The molecule has 0 saturated carbocycles. The van der Waals surface area contributed by atoms with Crippen LogP contribution in [0.1, 0.15) is 76.7 Å². The molecule has 0 spiro atoms. The number of carbonyl (C=O) groups excluding carboxylic acids is 1. The minimum absolute atomic E-state index is 0.0230. The fraction of sp³-hybridized carbons (Fsp3) is 0.640. The molecule has 4 heteroatoms. The molecule has 1 saturated heterocycles. The standard InChI is InChI=1S/C25H37NO3/c1-2-3-4-5-6-7-8-10-15-22-16-23-19-28-20-24(17-22)26(23)25(27)29-18-21-13-11-9-12-14-21/h9,11-14,16,23-24H,2-8,10,15,17-20H2,1H3. The quantitative estimate of drug-likeness (QED) is 0.326. The van der Waals surface area contributed by atoms with Gasteiger partial charge in [0.05, 0.1) is 25.3 Å². The Balaban J connectivity index is 1.42. The molecule has 2 unspecified atom stereocenters. The van der Waals surface area contributed by atoms with Crippen molar-refractivity contribution < 1.29 is 14.3 Å². The van der Waals surface area contributed by atoms with Gasteiger partial charge in [-0.25, -0.2) is 4.79 Å². The van der Waals surface area contributed by atoms with E-state index in [2.05, 4.69) is 13.0 Å². The molecule has 0 aromatic heterocycles. The van der Waals surface area contributed by atoms with Gasteiger partial charge in [-0.1, -0.05) is 93.9 Å². The van der Waals surface area contributed by atoms with Crippen LogP contribution in [-0.2, 0) is 16.1 Å². The van der Waals surface area contributed by atoms with Gasteiger partial charge in [-0.2, -0.15) is 0 Å². The first-order valence-corrected chi connectivity index (χ1v) is 11.5. The highest BCUT2D eigenvalue weighted by Gasteiger charge is 2.38. The highest BCUT2D eigenvalue weighted by atomic mass is 16.6. The molecule has 0 aliphatic carbocycles. The first-order chi connectivity index (χ1) is 14.3. The third-order valence-corrected chi connectivity index (χ3v) is 6.04. The summed E-state index contributed by atoms with van der Waals surface area (Å²) in [6.07, 6.45) is 14.9. The lowest BCUT2D eigenvalue weighted by molar-refractivity contribution is -0.0375. The molecule has 2 aliphatic heterocycles. The van der Waals surface area contributed by atoms with Crippen LogP contribution in [0.3, 0.4) is 0 Å². The Morgan fingerprint density at radius 1 is 1.03 bits per heavy atom. The summed E-state index contributed by atoms with van der Waals surface area (Å²) in [6.45, 7) is 3.79. The van der Waals surface area contributed by atoms with Crippen LogP contribution in [-0.4, -0.2) is 36.3 Å². The molecule has 0 N–H and O–H groups in total. The van der Waals surface area contributed by atoms with E-state index in [0.29, 0.717) is 19.8 Å². The molecular formula is C25H37NO3. The van der Waals surface area contributed by atoms with Gasteiger partial charge in [-0.3, -0.25) is 4.90 Å². The molecule has 1 aromatic carbocycles. The Labute approximate surface area is 176 Å². The maximum atomic E-state index is 12.7. The van der Waals surface area contributed by atoms with E-state index in [9.17, 15) is 4.79 Å². The number of ether oxygens (including phenoxy) is 2. The van der Waals surface area contributed by atoms with E-state index >= 15 is 0 Å². The van der Waals surface area contributed by atoms with Crippen molar-refractivity contribution in [2.75, 3.05) is 13.2 Å². The minimum atomic E-state index is -0.213. The summed E-state index contributed by atoms with van der Waals surface area (Å²) in [5.41, 5.74) is 2.52. The van der Waals surface area contributed by atoms with Crippen molar-refractivity contribution in [2.24, 2.45) is 0 Å². The summed E-state index contributed by atoms with van der Waals surface area (Å²) in [4.78, 5) is 14.6. The maximum absolute atomic E-state index is 12.7. The first kappa shape index (κ1) is 21.9. The van der Waals surface area contributed by atoms with Crippen LogP contribution in [0.4, 0.5) is 4.79 Å². The molecule has 3 rings (SSSR count). The molecule has 2 atom stereocenters. The zero-order valence-corrected chi connectivity index (χ0v) is 18.0. The van der Waals surface area contributed by atoms with Gasteiger partial charge in [0.15, 0.2) is 0 Å². The van der Waals surface area contributed by atoms with E-state index in [1.54, 1.807) is 0 Å². The Kier molecular flexibility index (Phi) is 9.07. The highest BCUT2D eigenvalue weighted by Crippen LogP contribution is 2.30. The second-order valence-corrected chi connectivity index (χ2v) is 8.46. The number of unbranched alkanes of at least 4 members (excludes halogenated alkanes) is 7. The molecule has 2 aliphatic rings. The van der Waals surface area contributed by atoms with Crippen LogP contribution in [0.25, 0.3) is 0 Å². The number of rotatable bonds is 11. The van der Waals surface area contributed by atoms with Crippen LogP contribution in [0.15, 0.2) is 42.0 Å². The van der Waals surface area contributed by atoms with Gasteiger partial charge >= 0.3 is 6.09 Å². The van der Waals surface area contributed by atoms with Crippen molar-refractivity contribution in [1.82, 2.24) is 4.90 Å². The molecule has 1 aromatic rings. The van der Waals surface area contributed by atoms with Gasteiger partial charge in [0.2, 0.25) is 0 Å². The summed E-state index contributed by atoms with van der Waals surface area (Å²) < 4.78 is 11.3. The molecule has 1 fully saturated rings. The minimum Gasteiger partial charge on any atom is -0.445 e.